The predicted octanol–water partition coefficient (Wildman–Crippen LogP) is 3.54. The molecule has 2 rings (SSSR count). The maximum Gasteiger partial charge on any atom is 0.338 e. The Kier molecular flexibility index (Phi) is 7.68. The van der Waals surface area contributed by atoms with E-state index in [1.807, 2.05) is 13.8 Å². The number of hydrogen-bond acceptors (Lipinski definition) is 7. The molecule has 0 spiro atoms. The van der Waals surface area contributed by atoms with E-state index in [1.165, 1.54) is 20.3 Å². The Labute approximate surface area is 164 Å². The second-order valence-corrected chi connectivity index (χ2v) is 5.59. The summed E-state index contributed by atoms with van der Waals surface area (Å²) in [7, 11) is 2.96. The zero-order chi connectivity index (χ0) is 20.5. The highest BCUT2D eigenvalue weighted by atomic mass is 16.5. The Morgan fingerprint density at radius 1 is 0.821 bits per heavy atom. The topological polar surface area (TPSA) is 80.3 Å². The third-order valence-electron chi connectivity index (χ3n) is 3.82. The average Bonchev–Trinajstić information content (AvgIpc) is 2.72. The van der Waals surface area contributed by atoms with Crippen LogP contribution in [0.25, 0.3) is 0 Å². The minimum absolute atomic E-state index is 0.261. The molecule has 0 unspecified atom stereocenters. The molecular weight excluding hydrogens is 364 g/mol. The van der Waals surface area contributed by atoms with E-state index in [4.69, 9.17) is 23.7 Å². The van der Waals surface area contributed by atoms with Crippen LogP contribution in [0.2, 0.25) is 0 Å². The number of carbonyl (C=O) groups excluding carboxylic acids is 2. The van der Waals surface area contributed by atoms with Gasteiger partial charge in [-0.25, -0.2) is 4.79 Å². The third kappa shape index (κ3) is 5.16. The molecule has 150 valence electrons. The number of carbonyl (C=O) groups is 2. The first-order chi connectivity index (χ1) is 13.5. The van der Waals surface area contributed by atoms with Crippen molar-refractivity contribution in [1.29, 1.82) is 0 Å². The number of Topliss-reactive ketones (excluding diaryl/α,β-unsaturated/α-hetero) is 1. The second-order valence-electron chi connectivity index (χ2n) is 5.59. The van der Waals surface area contributed by atoms with E-state index in [0.717, 1.165) is 0 Å². The quantitative estimate of drug-likeness (QED) is 0.455. The van der Waals surface area contributed by atoms with Crippen molar-refractivity contribution in [3.63, 3.8) is 0 Å². The first kappa shape index (κ1) is 21.1. The van der Waals surface area contributed by atoms with Gasteiger partial charge in [0, 0.05) is 0 Å². The first-order valence-electron chi connectivity index (χ1n) is 8.86. The molecule has 0 saturated heterocycles. The van der Waals surface area contributed by atoms with Gasteiger partial charge in [0.15, 0.2) is 18.1 Å². The van der Waals surface area contributed by atoms with Crippen molar-refractivity contribution in [2.24, 2.45) is 0 Å². The molecule has 0 heterocycles. The van der Waals surface area contributed by atoms with Gasteiger partial charge in [0.1, 0.15) is 11.5 Å². The van der Waals surface area contributed by atoms with Crippen LogP contribution in [0.3, 0.4) is 0 Å². The van der Waals surface area contributed by atoms with Crippen LogP contribution in [0.5, 0.6) is 23.0 Å². The summed E-state index contributed by atoms with van der Waals surface area (Å²) in [4.78, 5) is 24.8. The van der Waals surface area contributed by atoms with Crippen LogP contribution < -0.4 is 18.9 Å². The molecule has 7 heteroatoms. The monoisotopic (exact) mass is 388 g/mol. The fourth-order valence-corrected chi connectivity index (χ4v) is 2.50. The molecule has 2 aromatic rings. The van der Waals surface area contributed by atoms with Gasteiger partial charge in [0.05, 0.1) is 38.6 Å². The van der Waals surface area contributed by atoms with E-state index in [9.17, 15) is 9.59 Å². The molecule has 0 radical (unpaired) electrons. The van der Waals surface area contributed by atoms with E-state index < -0.39 is 18.4 Å². The molecule has 0 saturated carbocycles. The summed E-state index contributed by atoms with van der Waals surface area (Å²) in [5.41, 5.74) is 0.536. The third-order valence-corrected chi connectivity index (χ3v) is 3.82. The lowest BCUT2D eigenvalue weighted by molar-refractivity contribution is 0.0473. The van der Waals surface area contributed by atoms with Gasteiger partial charge in [-0.05, 0) is 50.2 Å². The second kappa shape index (κ2) is 10.2. The fourth-order valence-electron chi connectivity index (χ4n) is 2.50. The summed E-state index contributed by atoms with van der Waals surface area (Å²) in [6.07, 6.45) is 0. The molecule has 0 aromatic heterocycles. The summed E-state index contributed by atoms with van der Waals surface area (Å²) >= 11 is 0. The normalized spacial score (nSPS) is 10.1. The SMILES string of the molecule is CCOc1ccc(C(=O)OCC(=O)c2cc(OC)ccc2OC)cc1OCC. The molecule has 0 aliphatic heterocycles. The summed E-state index contributed by atoms with van der Waals surface area (Å²) in [5.74, 6) is 0.821. The Hall–Kier alpha value is -3.22. The van der Waals surface area contributed by atoms with Crippen molar-refractivity contribution in [2.75, 3.05) is 34.0 Å². The maximum absolute atomic E-state index is 12.5. The standard InChI is InChI=1S/C21H24O7/c1-5-26-19-9-7-14(11-20(19)27-6-2)21(23)28-13-17(22)16-12-15(24-3)8-10-18(16)25-4/h7-12H,5-6,13H2,1-4H3. The lowest BCUT2D eigenvalue weighted by Gasteiger charge is -2.12. The number of methoxy groups -OCH3 is 2. The molecule has 0 fully saturated rings. The highest BCUT2D eigenvalue weighted by molar-refractivity contribution is 6.01. The molecular formula is C21H24O7. The first-order valence-corrected chi connectivity index (χ1v) is 8.86. The van der Waals surface area contributed by atoms with Gasteiger partial charge in [0.2, 0.25) is 5.78 Å². The molecule has 7 nitrogen and oxygen atoms in total. The number of ketones is 1. The van der Waals surface area contributed by atoms with Gasteiger partial charge in [-0.3, -0.25) is 4.79 Å². The van der Waals surface area contributed by atoms with Crippen molar-refractivity contribution >= 4 is 11.8 Å². The minimum Gasteiger partial charge on any atom is -0.497 e. The van der Waals surface area contributed by atoms with Crippen molar-refractivity contribution < 1.29 is 33.3 Å². The van der Waals surface area contributed by atoms with Gasteiger partial charge in [-0.1, -0.05) is 0 Å². The fraction of sp³-hybridized carbons (Fsp3) is 0.333. The van der Waals surface area contributed by atoms with Gasteiger partial charge >= 0.3 is 5.97 Å². The van der Waals surface area contributed by atoms with Crippen LogP contribution in [-0.2, 0) is 4.74 Å². The number of ether oxygens (including phenoxy) is 5. The zero-order valence-corrected chi connectivity index (χ0v) is 16.4. The Morgan fingerprint density at radius 2 is 1.50 bits per heavy atom. The summed E-state index contributed by atoms with van der Waals surface area (Å²) in [6, 6.07) is 9.57. The molecule has 2 aromatic carbocycles. The van der Waals surface area contributed by atoms with Crippen LogP contribution in [0.4, 0.5) is 0 Å². The van der Waals surface area contributed by atoms with Crippen LogP contribution in [0.15, 0.2) is 36.4 Å². The van der Waals surface area contributed by atoms with Crippen LogP contribution in [-0.4, -0.2) is 45.8 Å². The largest absolute Gasteiger partial charge is 0.497 e. The summed E-state index contributed by atoms with van der Waals surface area (Å²) in [6.45, 7) is 4.16. The minimum atomic E-state index is -0.640. The number of hydrogen-bond donors (Lipinski definition) is 0. The van der Waals surface area contributed by atoms with Crippen molar-refractivity contribution in [3.05, 3.63) is 47.5 Å². The number of rotatable bonds is 10. The molecule has 28 heavy (non-hydrogen) atoms. The Bertz CT molecular complexity index is 829. The van der Waals surface area contributed by atoms with Gasteiger partial charge in [-0.2, -0.15) is 0 Å². The summed E-state index contributed by atoms with van der Waals surface area (Å²) in [5, 5.41) is 0. The zero-order valence-electron chi connectivity index (χ0n) is 16.4. The average molecular weight is 388 g/mol. The van der Waals surface area contributed by atoms with Crippen LogP contribution in [0, 0.1) is 0 Å². The van der Waals surface area contributed by atoms with Crippen molar-refractivity contribution in [3.8, 4) is 23.0 Å². The van der Waals surface area contributed by atoms with E-state index in [2.05, 4.69) is 0 Å². The van der Waals surface area contributed by atoms with Crippen LogP contribution >= 0.6 is 0 Å². The van der Waals surface area contributed by atoms with Crippen molar-refractivity contribution in [1.82, 2.24) is 0 Å². The molecule has 0 bridgehead atoms. The lowest BCUT2D eigenvalue weighted by Crippen LogP contribution is -2.15. The van der Waals surface area contributed by atoms with Crippen LogP contribution in [0.1, 0.15) is 34.6 Å². The van der Waals surface area contributed by atoms with E-state index in [0.29, 0.717) is 36.2 Å². The number of benzene rings is 2. The van der Waals surface area contributed by atoms with E-state index in [-0.39, 0.29) is 11.1 Å². The maximum atomic E-state index is 12.5. The lowest BCUT2D eigenvalue weighted by atomic mass is 10.1. The molecule has 0 atom stereocenters. The van der Waals surface area contributed by atoms with Gasteiger partial charge in [0.25, 0.3) is 0 Å². The van der Waals surface area contributed by atoms with E-state index in [1.54, 1.807) is 30.3 Å². The molecule has 0 aliphatic rings. The van der Waals surface area contributed by atoms with Gasteiger partial charge < -0.3 is 23.7 Å². The summed E-state index contributed by atoms with van der Waals surface area (Å²) < 4.78 is 26.5. The Morgan fingerprint density at radius 3 is 2.14 bits per heavy atom. The molecule has 0 amide bonds. The molecule has 0 N–H and O–H groups in total. The smallest absolute Gasteiger partial charge is 0.338 e. The van der Waals surface area contributed by atoms with Crippen molar-refractivity contribution in [2.45, 2.75) is 13.8 Å². The molecule has 0 aliphatic carbocycles. The van der Waals surface area contributed by atoms with Gasteiger partial charge in [-0.15, -0.1) is 0 Å². The number of esters is 1. The highest BCUT2D eigenvalue weighted by Crippen LogP contribution is 2.29. The highest BCUT2D eigenvalue weighted by Gasteiger charge is 2.18. The Balaban J connectivity index is 2.11. The predicted molar refractivity (Wildman–Crippen MR) is 103 cm³/mol. The van der Waals surface area contributed by atoms with E-state index >= 15 is 0 Å².